The van der Waals surface area contributed by atoms with E-state index in [-0.39, 0.29) is 23.0 Å². The number of H-pyrrole nitrogens is 1. The highest BCUT2D eigenvalue weighted by molar-refractivity contribution is 9.10. The highest BCUT2D eigenvalue weighted by atomic mass is 79.9. The quantitative estimate of drug-likeness (QED) is 0.347. The lowest BCUT2D eigenvalue weighted by Gasteiger charge is -2.20. The van der Waals surface area contributed by atoms with Crippen LogP contribution in [0.15, 0.2) is 50.1 Å². The third kappa shape index (κ3) is 3.88. The van der Waals surface area contributed by atoms with Gasteiger partial charge in [0.25, 0.3) is 5.56 Å². The highest BCUT2D eigenvalue weighted by Gasteiger charge is 2.21. The molecule has 0 atom stereocenters. The predicted octanol–water partition coefficient (Wildman–Crippen LogP) is 6.27. The van der Waals surface area contributed by atoms with Crippen LogP contribution in [0.1, 0.15) is 32.1 Å². The molecule has 2 aromatic heterocycles. The molecule has 6 nitrogen and oxygen atoms in total. The number of benzene rings is 2. The van der Waals surface area contributed by atoms with E-state index in [1.807, 2.05) is 12.1 Å². The Hall–Kier alpha value is -2.64. The number of hydrogen-bond donors (Lipinski definition) is 2. The normalized spacial score (nSPS) is 14.9. The molecule has 1 fully saturated rings. The molecule has 4 aromatic rings. The lowest BCUT2D eigenvalue weighted by atomic mass is 9.88. The van der Waals surface area contributed by atoms with Gasteiger partial charge in [-0.05, 0) is 49.2 Å². The van der Waals surface area contributed by atoms with Crippen LogP contribution < -0.4 is 10.9 Å². The van der Waals surface area contributed by atoms with Gasteiger partial charge in [-0.1, -0.05) is 46.8 Å². The van der Waals surface area contributed by atoms with E-state index in [1.165, 1.54) is 6.42 Å². The van der Waals surface area contributed by atoms with Crippen LogP contribution in [0.4, 0.5) is 5.69 Å². The van der Waals surface area contributed by atoms with Crippen molar-refractivity contribution in [3.05, 3.63) is 56.2 Å². The number of nitrogens with one attached hydrogen (secondary N) is 2. The van der Waals surface area contributed by atoms with Crippen LogP contribution >= 0.6 is 27.5 Å². The summed E-state index contributed by atoms with van der Waals surface area (Å²) >= 11 is 9.95. The number of aromatic amines is 1. The molecule has 8 heteroatoms. The number of carbonyl (C=O) groups excluding carboxylic acids is 1. The Bertz CT molecular complexity index is 1370. The van der Waals surface area contributed by atoms with Crippen molar-refractivity contribution in [2.24, 2.45) is 5.92 Å². The van der Waals surface area contributed by atoms with E-state index in [0.29, 0.717) is 33.2 Å². The largest absolute Gasteiger partial charge is 0.449 e. The first-order valence-corrected chi connectivity index (χ1v) is 11.4. The Morgan fingerprint density at radius 3 is 2.74 bits per heavy atom. The fourth-order valence-electron chi connectivity index (χ4n) is 4.15. The number of hydrogen-bond acceptors (Lipinski definition) is 4. The molecule has 1 aliphatic carbocycles. The number of nitrogens with zero attached hydrogens (tertiary/aromatic N) is 1. The van der Waals surface area contributed by atoms with Crippen molar-refractivity contribution < 1.29 is 9.21 Å². The van der Waals surface area contributed by atoms with Gasteiger partial charge < -0.3 is 14.7 Å². The van der Waals surface area contributed by atoms with E-state index >= 15 is 0 Å². The Morgan fingerprint density at radius 1 is 1.16 bits per heavy atom. The molecular formula is C23H19BrClN3O3. The summed E-state index contributed by atoms with van der Waals surface area (Å²) in [6, 6.07) is 10.7. The van der Waals surface area contributed by atoms with Gasteiger partial charge >= 0.3 is 0 Å². The van der Waals surface area contributed by atoms with Crippen LogP contribution in [0.25, 0.3) is 33.5 Å². The number of fused-ring (bicyclic) bond motifs is 3. The highest BCUT2D eigenvalue weighted by Crippen LogP contribution is 2.32. The number of carbonyl (C=O) groups is 1. The maximum Gasteiger partial charge on any atom is 0.294 e. The fraction of sp³-hybridized carbons (Fsp3) is 0.261. The molecule has 5 rings (SSSR count). The first-order chi connectivity index (χ1) is 15.0. The van der Waals surface area contributed by atoms with Gasteiger partial charge in [0.05, 0.1) is 5.02 Å². The van der Waals surface area contributed by atoms with E-state index in [2.05, 4.69) is 31.2 Å². The van der Waals surface area contributed by atoms with E-state index in [0.717, 1.165) is 35.5 Å². The SMILES string of the molecule is O=C(Nc1ccc(-c2nc3c(oc4ccc(Br)cc43)c(=O)[nH]2)c(Cl)c1)C1CCCCC1. The van der Waals surface area contributed by atoms with Gasteiger partial charge in [-0.15, -0.1) is 0 Å². The Kier molecular flexibility index (Phi) is 5.32. The molecule has 2 aromatic carbocycles. The molecule has 2 N–H and O–H groups in total. The van der Waals surface area contributed by atoms with Crippen molar-refractivity contribution in [2.45, 2.75) is 32.1 Å². The van der Waals surface area contributed by atoms with E-state index < -0.39 is 0 Å². The predicted molar refractivity (Wildman–Crippen MR) is 125 cm³/mol. The second kappa shape index (κ2) is 8.13. The maximum absolute atomic E-state index is 12.6. The first-order valence-electron chi connectivity index (χ1n) is 10.2. The molecule has 0 unspecified atom stereocenters. The number of rotatable bonds is 3. The standard InChI is InChI=1S/C23H19BrClN3O3/c24-13-6-9-18-16(10-13)19-20(31-18)23(30)28-21(27-19)15-8-7-14(11-17(15)25)26-22(29)12-4-2-1-3-5-12/h6-12H,1-5H2,(H,26,29)(H,27,28,30). The Morgan fingerprint density at radius 2 is 1.97 bits per heavy atom. The zero-order valence-corrected chi connectivity index (χ0v) is 18.8. The topological polar surface area (TPSA) is 88.0 Å². The summed E-state index contributed by atoms with van der Waals surface area (Å²) < 4.78 is 6.54. The molecule has 2 heterocycles. The van der Waals surface area contributed by atoms with Crippen molar-refractivity contribution in [2.75, 3.05) is 5.32 Å². The monoisotopic (exact) mass is 499 g/mol. The molecule has 31 heavy (non-hydrogen) atoms. The van der Waals surface area contributed by atoms with Crippen molar-refractivity contribution in [1.29, 1.82) is 0 Å². The minimum absolute atomic E-state index is 0.0342. The average Bonchev–Trinajstić information content (AvgIpc) is 3.13. The van der Waals surface area contributed by atoms with Crippen molar-refractivity contribution >= 4 is 61.2 Å². The third-order valence-corrected chi connectivity index (χ3v) is 6.56. The number of anilines is 1. The van der Waals surface area contributed by atoms with Crippen LogP contribution in [-0.4, -0.2) is 15.9 Å². The Labute approximate surface area is 191 Å². The van der Waals surface area contributed by atoms with Crippen molar-refractivity contribution in [3.63, 3.8) is 0 Å². The fourth-order valence-corrected chi connectivity index (χ4v) is 4.78. The minimum atomic E-state index is -0.377. The smallest absolute Gasteiger partial charge is 0.294 e. The van der Waals surface area contributed by atoms with Gasteiger partial charge in [0.1, 0.15) is 16.9 Å². The van der Waals surface area contributed by atoms with E-state index in [9.17, 15) is 9.59 Å². The summed E-state index contributed by atoms with van der Waals surface area (Å²) in [6.07, 6.45) is 5.25. The molecule has 0 saturated heterocycles. The summed E-state index contributed by atoms with van der Waals surface area (Å²) in [4.78, 5) is 32.5. The summed E-state index contributed by atoms with van der Waals surface area (Å²) in [6.45, 7) is 0. The van der Waals surface area contributed by atoms with E-state index in [4.69, 9.17) is 16.0 Å². The molecule has 0 spiro atoms. The summed E-state index contributed by atoms with van der Waals surface area (Å²) in [5, 5.41) is 4.09. The second-order valence-electron chi connectivity index (χ2n) is 7.85. The lowest BCUT2D eigenvalue weighted by molar-refractivity contribution is -0.120. The summed E-state index contributed by atoms with van der Waals surface area (Å²) in [5.41, 5.74) is 2.05. The lowest BCUT2D eigenvalue weighted by Crippen LogP contribution is -2.24. The van der Waals surface area contributed by atoms with Crippen LogP contribution in [0.2, 0.25) is 5.02 Å². The third-order valence-electron chi connectivity index (χ3n) is 5.75. The van der Waals surface area contributed by atoms with Gasteiger partial charge in [0, 0.05) is 27.0 Å². The van der Waals surface area contributed by atoms with Crippen molar-refractivity contribution in [3.8, 4) is 11.4 Å². The van der Waals surface area contributed by atoms with Crippen LogP contribution in [0.3, 0.4) is 0 Å². The van der Waals surface area contributed by atoms with Crippen molar-refractivity contribution in [1.82, 2.24) is 9.97 Å². The summed E-state index contributed by atoms with van der Waals surface area (Å²) in [7, 11) is 0. The van der Waals surface area contributed by atoms with Crippen LogP contribution in [0, 0.1) is 5.92 Å². The zero-order chi connectivity index (χ0) is 21.5. The number of furan rings is 1. The van der Waals surface area contributed by atoms with Gasteiger partial charge in [-0.25, -0.2) is 4.98 Å². The van der Waals surface area contributed by atoms with E-state index in [1.54, 1.807) is 24.3 Å². The molecule has 1 saturated carbocycles. The molecule has 158 valence electrons. The molecule has 0 radical (unpaired) electrons. The maximum atomic E-state index is 12.6. The number of amides is 1. The average molecular weight is 501 g/mol. The van der Waals surface area contributed by atoms with Crippen LogP contribution in [-0.2, 0) is 4.79 Å². The first kappa shape index (κ1) is 20.3. The van der Waals surface area contributed by atoms with Gasteiger partial charge in [0.2, 0.25) is 11.5 Å². The summed E-state index contributed by atoms with van der Waals surface area (Å²) in [5.74, 6) is 0.434. The zero-order valence-electron chi connectivity index (χ0n) is 16.5. The molecule has 0 aliphatic heterocycles. The van der Waals surface area contributed by atoms with Gasteiger partial charge in [0.15, 0.2) is 0 Å². The molecule has 0 bridgehead atoms. The second-order valence-corrected chi connectivity index (χ2v) is 9.18. The Balaban J connectivity index is 1.49. The minimum Gasteiger partial charge on any atom is -0.449 e. The molecule has 1 amide bonds. The number of halogens is 2. The molecule has 1 aliphatic rings. The van der Waals surface area contributed by atoms with Gasteiger partial charge in [-0.2, -0.15) is 0 Å². The van der Waals surface area contributed by atoms with Gasteiger partial charge in [-0.3, -0.25) is 9.59 Å². The van der Waals surface area contributed by atoms with Crippen LogP contribution in [0.5, 0.6) is 0 Å². The molecular weight excluding hydrogens is 482 g/mol. The number of aromatic nitrogens is 2.